The fourth-order valence-corrected chi connectivity index (χ4v) is 7.86. The number of hydrogen-bond acceptors (Lipinski definition) is 5. The Hall–Kier alpha value is -8.33. The van der Waals surface area contributed by atoms with Gasteiger partial charge >= 0.3 is 0 Å². The van der Waals surface area contributed by atoms with Gasteiger partial charge in [0.05, 0.1) is 34.2 Å². The molecule has 5 nitrogen and oxygen atoms in total. The average molecular weight is 766 g/mol. The lowest BCUT2D eigenvalue weighted by atomic mass is 9.87. The van der Waals surface area contributed by atoms with Crippen molar-refractivity contribution in [2.24, 2.45) is 0 Å². The lowest BCUT2D eigenvalue weighted by Gasteiger charge is -2.18. The van der Waals surface area contributed by atoms with E-state index in [2.05, 4.69) is 133 Å². The van der Waals surface area contributed by atoms with Crippen LogP contribution >= 0.6 is 0 Å². The number of nitrogens with zero attached hydrogens (tertiary/aromatic N) is 5. The van der Waals surface area contributed by atoms with E-state index in [1.807, 2.05) is 84.9 Å². The second-order valence-electron chi connectivity index (χ2n) is 14.5. The largest absolute Gasteiger partial charge is 0.228 e. The van der Waals surface area contributed by atoms with Crippen molar-refractivity contribution >= 4 is 10.9 Å². The van der Waals surface area contributed by atoms with E-state index in [0.717, 1.165) is 89.2 Å². The Bertz CT molecular complexity index is 3210. The van der Waals surface area contributed by atoms with Gasteiger partial charge in [-0.1, -0.05) is 182 Å². The Labute approximate surface area is 348 Å². The topological polar surface area (TPSA) is 75.3 Å². The molecule has 5 heteroatoms. The third-order valence-corrected chi connectivity index (χ3v) is 10.8. The molecule has 2 heterocycles. The fraction of sp³-hybridized carbons (Fsp3) is 0. The van der Waals surface area contributed by atoms with E-state index in [0.29, 0.717) is 17.2 Å². The van der Waals surface area contributed by atoms with Crippen LogP contribution in [0.3, 0.4) is 0 Å². The van der Waals surface area contributed by atoms with Crippen LogP contribution in [0.1, 0.15) is 5.56 Å². The Morgan fingerprint density at radius 1 is 0.317 bits per heavy atom. The fourth-order valence-electron chi connectivity index (χ4n) is 7.86. The standard InChI is InChI=1S/C55H35N5/c56-36-37-30-32-38(33-31-37)41-20-15-21-42(34-41)51-35-52(59-54(58-51)39-16-3-1-4-17-39)47-26-11-9-24-45(47)43-22-7-8-23-44(43)46-25-10-12-27-48(46)53-49-28-13-14-29-50(49)57-55(60-53)40-18-5-2-6-19-40/h1-35H. The molecule has 0 N–H and O–H groups in total. The van der Waals surface area contributed by atoms with E-state index in [-0.39, 0.29) is 0 Å². The predicted octanol–water partition coefficient (Wildman–Crippen LogP) is 13.6. The summed E-state index contributed by atoms with van der Waals surface area (Å²) >= 11 is 0. The average Bonchev–Trinajstić information content (AvgIpc) is 3.34. The van der Waals surface area contributed by atoms with Crippen LogP contribution in [0.25, 0.3) is 101 Å². The summed E-state index contributed by atoms with van der Waals surface area (Å²) in [6.45, 7) is 0. The summed E-state index contributed by atoms with van der Waals surface area (Å²) in [6.07, 6.45) is 0. The Morgan fingerprint density at radius 3 is 1.45 bits per heavy atom. The maximum atomic E-state index is 9.37. The first-order chi connectivity index (χ1) is 29.7. The van der Waals surface area contributed by atoms with E-state index in [1.54, 1.807) is 0 Å². The number of hydrogen-bond donors (Lipinski definition) is 0. The van der Waals surface area contributed by atoms with Crippen molar-refractivity contribution in [3.63, 3.8) is 0 Å². The van der Waals surface area contributed by atoms with E-state index in [4.69, 9.17) is 19.9 Å². The summed E-state index contributed by atoms with van der Waals surface area (Å²) in [7, 11) is 0. The van der Waals surface area contributed by atoms with Crippen LogP contribution in [0.4, 0.5) is 0 Å². The van der Waals surface area contributed by atoms with E-state index in [1.165, 1.54) is 0 Å². The van der Waals surface area contributed by atoms with Crippen molar-refractivity contribution in [2.45, 2.75) is 0 Å². The molecule has 60 heavy (non-hydrogen) atoms. The van der Waals surface area contributed by atoms with Gasteiger partial charge in [-0.15, -0.1) is 0 Å². The monoisotopic (exact) mass is 765 g/mol. The quantitative estimate of drug-likeness (QED) is 0.154. The number of nitriles is 1. The molecule has 0 aliphatic heterocycles. The third kappa shape index (κ3) is 7.00. The molecule has 2 aromatic heterocycles. The molecule has 0 aliphatic carbocycles. The van der Waals surface area contributed by atoms with Crippen molar-refractivity contribution in [3.8, 4) is 96.0 Å². The highest BCUT2D eigenvalue weighted by atomic mass is 14.9. The van der Waals surface area contributed by atoms with Crippen molar-refractivity contribution in [1.29, 1.82) is 5.26 Å². The van der Waals surface area contributed by atoms with Crippen LogP contribution < -0.4 is 0 Å². The van der Waals surface area contributed by atoms with Crippen LogP contribution in [0, 0.1) is 11.3 Å². The molecule has 0 fully saturated rings. The van der Waals surface area contributed by atoms with Gasteiger partial charge in [-0.25, -0.2) is 19.9 Å². The van der Waals surface area contributed by atoms with Gasteiger partial charge in [0.15, 0.2) is 11.6 Å². The maximum absolute atomic E-state index is 9.37. The number of rotatable bonds is 8. The maximum Gasteiger partial charge on any atom is 0.160 e. The predicted molar refractivity (Wildman–Crippen MR) is 243 cm³/mol. The van der Waals surface area contributed by atoms with Crippen molar-refractivity contribution < 1.29 is 0 Å². The zero-order valence-corrected chi connectivity index (χ0v) is 32.4. The summed E-state index contributed by atoms with van der Waals surface area (Å²) in [5.74, 6) is 1.33. The summed E-state index contributed by atoms with van der Waals surface area (Å²) in [5.41, 5.74) is 15.3. The molecule has 8 aromatic carbocycles. The van der Waals surface area contributed by atoms with Crippen LogP contribution in [0.15, 0.2) is 212 Å². The molecule has 10 aromatic rings. The van der Waals surface area contributed by atoms with E-state index in [9.17, 15) is 5.26 Å². The van der Waals surface area contributed by atoms with Crippen LogP contribution in [0.5, 0.6) is 0 Å². The van der Waals surface area contributed by atoms with Gasteiger partial charge in [0.2, 0.25) is 0 Å². The first-order valence-electron chi connectivity index (χ1n) is 19.9. The van der Waals surface area contributed by atoms with Crippen molar-refractivity contribution in [3.05, 3.63) is 218 Å². The molecule has 280 valence electrons. The third-order valence-electron chi connectivity index (χ3n) is 10.8. The van der Waals surface area contributed by atoms with E-state index < -0.39 is 0 Å². The zero-order valence-electron chi connectivity index (χ0n) is 32.4. The van der Waals surface area contributed by atoms with Gasteiger partial charge in [0.25, 0.3) is 0 Å². The Kier molecular flexibility index (Phi) is 9.55. The molecule has 0 saturated carbocycles. The SMILES string of the molecule is N#Cc1ccc(-c2cccc(-c3cc(-c4ccccc4-c4ccccc4-c4ccccc4-c4nc(-c5ccccc5)nc5ccccc45)nc(-c4ccccc4)n3)c2)cc1. The van der Waals surface area contributed by atoms with Gasteiger partial charge < -0.3 is 0 Å². The summed E-state index contributed by atoms with van der Waals surface area (Å²) in [4.78, 5) is 20.7. The highest BCUT2D eigenvalue weighted by molar-refractivity contribution is 6.01. The summed E-state index contributed by atoms with van der Waals surface area (Å²) in [6, 6.07) is 74.5. The molecule has 0 aliphatic rings. The van der Waals surface area contributed by atoms with Crippen molar-refractivity contribution in [2.75, 3.05) is 0 Å². The first-order valence-corrected chi connectivity index (χ1v) is 19.9. The minimum atomic E-state index is 0.631. The van der Waals surface area contributed by atoms with Gasteiger partial charge in [-0.2, -0.15) is 5.26 Å². The highest BCUT2D eigenvalue weighted by Crippen LogP contribution is 2.43. The van der Waals surface area contributed by atoms with Crippen molar-refractivity contribution in [1.82, 2.24) is 19.9 Å². The summed E-state index contributed by atoms with van der Waals surface area (Å²) < 4.78 is 0. The molecule has 0 spiro atoms. The van der Waals surface area contributed by atoms with Gasteiger partial charge in [-0.3, -0.25) is 0 Å². The molecule has 0 amide bonds. The lowest BCUT2D eigenvalue weighted by molar-refractivity contribution is 1.18. The highest BCUT2D eigenvalue weighted by Gasteiger charge is 2.20. The molecule has 10 rings (SSSR count). The zero-order chi connectivity index (χ0) is 40.3. The minimum Gasteiger partial charge on any atom is -0.228 e. The Morgan fingerprint density at radius 2 is 0.800 bits per heavy atom. The molecular formula is C55H35N5. The number of para-hydroxylation sites is 1. The van der Waals surface area contributed by atoms with Gasteiger partial charge in [0, 0.05) is 33.2 Å². The second-order valence-corrected chi connectivity index (χ2v) is 14.5. The molecule has 0 bridgehead atoms. The lowest BCUT2D eigenvalue weighted by Crippen LogP contribution is -1.98. The smallest absolute Gasteiger partial charge is 0.160 e. The van der Waals surface area contributed by atoms with Gasteiger partial charge in [0.1, 0.15) is 0 Å². The molecule has 0 unspecified atom stereocenters. The molecule has 0 atom stereocenters. The van der Waals surface area contributed by atoms with E-state index >= 15 is 0 Å². The molecular weight excluding hydrogens is 731 g/mol. The number of aromatic nitrogens is 4. The number of fused-ring (bicyclic) bond motifs is 1. The first kappa shape index (κ1) is 36.0. The normalized spacial score (nSPS) is 11.0. The number of benzene rings is 8. The Balaban J connectivity index is 1.13. The molecule has 0 saturated heterocycles. The minimum absolute atomic E-state index is 0.631. The second kappa shape index (κ2) is 15.9. The van der Waals surface area contributed by atoms with Crippen LogP contribution in [-0.4, -0.2) is 19.9 Å². The van der Waals surface area contributed by atoms with Gasteiger partial charge in [-0.05, 0) is 63.7 Å². The van der Waals surface area contributed by atoms with Crippen LogP contribution in [0.2, 0.25) is 0 Å². The summed E-state index contributed by atoms with van der Waals surface area (Å²) in [5, 5.41) is 10.4. The molecule has 0 radical (unpaired) electrons. The van der Waals surface area contributed by atoms with Crippen LogP contribution in [-0.2, 0) is 0 Å².